The maximum absolute atomic E-state index is 9.67. The topological polar surface area (TPSA) is 20.2 Å². The molecule has 1 N–H and O–H groups in total. The van der Waals surface area contributed by atoms with E-state index in [2.05, 4.69) is 13.8 Å². The van der Waals surface area contributed by atoms with Gasteiger partial charge in [0.05, 0.1) is 5.60 Å². The lowest BCUT2D eigenvalue weighted by Crippen LogP contribution is -2.22. The highest BCUT2D eigenvalue weighted by molar-refractivity contribution is 4.85. The molecule has 0 bridgehead atoms. The van der Waals surface area contributed by atoms with Crippen LogP contribution in [0.4, 0.5) is 0 Å². The van der Waals surface area contributed by atoms with Crippen molar-refractivity contribution in [3.8, 4) is 0 Å². The van der Waals surface area contributed by atoms with Gasteiger partial charge in [-0.3, -0.25) is 0 Å². The van der Waals surface area contributed by atoms with Gasteiger partial charge in [0.15, 0.2) is 0 Å². The summed E-state index contributed by atoms with van der Waals surface area (Å²) in [4.78, 5) is 0. The molecule has 0 aromatic heterocycles. The maximum atomic E-state index is 9.67. The molecule has 0 aromatic carbocycles. The van der Waals surface area contributed by atoms with Crippen molar-refractivity contribution in [3.63, 3.8) is 0 Å². The van der Waals surface area contributed by atoms with Gasteiger partial charge >= 0.3 is 0 Å². The van der Waals surface area contributed by atoms with E-state index in [1.807, 2.05) is 0 Å². The molecule has 1 aliphatic carbocycles. The molecule has 0 aliphatic heterocycles. The molecule has 1 fully saturated rings. The fourth-order valence-corrected chi connectivity index (χ4v) is 1.69. The smallest absolute Gasteiger partial charge is 0.0647 e. The fourth-order valence-electron chi connectivity index (χ4n) is 1.69. The Labute approximate surface area is 57.1 Å². The number of rotatable bonds is 1. The van der Waals surface area contributed by atoms with Crippen LogP contribution < -0.4 is 0 Å². The summed E-state index contributed by atoms with van der Waals surface area (Å²) >= 11 is 0. The van der Waals surface area contributed by atoms with Crippen LogP contribution >= 0.6 is 0 Å². The zero-order chi connectivity index (χ0) is 6.91. The van der Waals surface area contributed by atoms with Crippen LogP contribution in [0.2, 0.25) is 0 Å². The van der Waals surface area contributed by atoms with Gasteiger partial charge in [0.1, 0.15) is 0 Å². The first-order valence-electron chi connectivity index (χ1n) is 3.89. The van der Waals surface area contributed by atoms with E-state index in [1.165, 1.54) is 6.42 Å². The molecule has 2 unspecified atom stereocenters. The molecule has 0 heterocycles. The molecule has 0 spiro atoms. The van der Waals surface area contributed by atoms with Gasteiger partial charge in [-0.15, -0.1) is 0 Å². The Bertz CT molecular complexity index is 101. The summed E-state index contributed by atoms with van der Waals surface area (Å²) in [5.74, 6) is 0.745. The predicted octanol–water partition coefficient (Wildman–Crippen LogP) is 1.95. The molecule has 1 heteroatoms. The Morgan fingerprint density at radius 1 is 1.67 bits per heavy atom. The molecule has 1 saturated carbocycles. The van der Waals surface area contributed by atoms with Crippen LogP contribution in [0.15, 0.2) is 0 Å². The van der Waals surface area contributed by atoms with Crippen molar-refractivity contribution in [1.29, 1.82) is 0 Å². The van der Waals surface area contributed by atoms with E-state index in [-0.39, 0.29) is 5.60 Å². The average molecular weight is 128 g/mol. The summed E-state index contributed by atoms with van der Waals surface area (Å²) in [5.41, 5.74) is -0.292. The predicted molar refractivity (Wildman–Crippen MR) is 38.3 cm³/mol. The Hall–Kier alpha value is -0.0400. The van der Waals surface area contributed by atoms with Crippen LogP contribution in [-0.2, 0) is 0 Å². The minimum Gasteiger partial charge on any atom is -0.390 e. The quantitative estimate of drug-likeness (QED) is 0.572. The molecule has 9 heavy (non-hydrogen) atoms. The third-order valence-corrected chi connectivity index (χ3v) is 2.49. The highest BCUT2D eigenvalue weighted by Crippen LogP contribution is 2.35. The third-order valence-electron chi connectivity index (χ3n) is 2.49. The fraction of sp³-hybridized carbons (Fsp3) is 1.00. The molecule has 0 saturated heterocycles. The van der Waals surface area contributed by atoms with E-state index in [0.717, 1.165) is 25.2 Å². The van der Waals surface area contributed by atoms with Gasteiger partial charge in [-0.25, -0.2) is 0 Å². The van der Waals surface area contributed by atoms with Crippen LogP contribution in [0.1, 0.15) is 39.5 Å². The first-order valence-corrected chi connectivity index (χ1v) is 3.89. The largest absolute Gasteiger partial charge is 0.390 e. The lowest BCUT2D eigenvalue weighted by Gasteiger charge is -2.19. The first-order chi connectivity index (χ1) is 4.16. The van der Waals surface area contributed by atoms with E-state index >= 15 is 0 Å². The molecule has 54 valence electrons. The van der Waals surface area contributed by atoms with Crippen LogP contribution in [0.3, 0.4) is 0 Å². The molecule has 2 atom stereocenters. The van der Waals surface area contributed by atoms with Crippen molar-refractivity contribution >= 4 is 0 Å². The third kappa shape index (κ3) is 1.45. The molecule has 0 aromatic rings. The Kier molecular flexibility index (Phi) is 1.80. The molecule has 1 rings (SSSR count). The molecular weight excluding hydrogens is 112 g/mol. The van der Waals surface area contributed by atoms with Gasteiger partial charge in [0, 0.05) is 0 Å². The van der Waals surface area contributed by atoms with E-state index in [4.69, 9.17) is 0 Å². The number of aliphatic hydroxyl groups is 1. The summed E-state index contributed by atoms with van der Waals surface area (Å²) in [6, 6.07) is 0. The zero-order valence-corrected chi connectivity index (χ0v) is 6.35. The van der Waals surface area contributed by atoms with Crippen LogP contribution in [0, 0.1) is 5.92 Å². The Morgan fingerprint density at radius 3 is 2.56 bits per heavy atom. The highest BCUT2D eigenvalue weighted by Gasteiger charge is 2.32. The van der Waals surface area contributed by atoms with Gasteiger partial charge in [-0.2, -0.15) is 0 Å². The Morgan fingerprint density at radius 2 is 2.33 bits per heavy atom. The molecular formula is C8H16O. The van der Waals surface area contributed by atoms with E-state index in [1.54, 1.807) is 0 Å². The van der Waals surface area contributed by atoms with Crippen LogP contribution in [-0.4, -0.2) is 10.7 Å². The van der Waals surface area contributed by atoms with Gasteiger partial charge in [0.2, 0.25) is 0 Å². The van der Waals surface area contributed by atoms with Gasteiger partial charge in [-0.1, -0.05) is 13.8 Å². The molecule has 0 amide bonds. The first kappa shape index (κ1) is 7.07. The Balaban J connectivity index is 2.45. The summed E-state index contributed by atoms with van der Waals surface area (Å²) in [6.45, 7) is 4.28. The van der Waals surface area contributed by atoms with Crippen molar-refractivity contribution in [1.82, 2.24) is 0 Å². The van der Waals surface area contributed by atoms with Crippen LogP contribution in [0.25, 0.3) is 0 Å². The lowest BCUT2D eigenvalue weighted by atomic mass is 9.98. The van der Waals surface area contributed by atoms with Crippen molar-refractivity contribution in [2.75, 3.05) is 0 Å². The SMILES string of the molecule is CCC1(O)CCC(C)C1. The summed E-state index contributed by atoms with van der Waals surface area (Å²) in [6.07, 6.45) is 4.18. The van der Waals surface area contributed by atoms with Crippen molar-refractivity contribution < 1.29 is 5.11 Å². The number of hydrogen-bond donors (Lipinski definition) is 1. The van der Waals surface area contributed by atoms with Crippen LogP contribution in [0.5, 0.6) is 0 Å². The maximum Gasteiger partial charge on any atom is 0.0647 e. The molecule has 1 nitrogen and oxygen atoms in total. The van der Waals surface area contributed by atoms with Gasteiger partial charge in [-0.05, 0) is 31.6 Å². The standard InChI is InChI=1S/C8H16O/c1-3-8(9)5-4-7(2)6-8/h7,9H,3-6H2,1-2H3. The second kappa shape index (κ2) is 2.30. The van der Waals surface area contributed by atoms with Crippen molar-refractivity contribution in [2.24, 2.45) is 5.92 Å². The lowest BCUT2D eigenvalue weighted by molar-refractivity contribution is 0.0404. The monoisotopic (exact) mass is 128 g/mol. The number of hydrogen-bond acceptors (Lipinski definition) is 1. The second-order valence-electron chi connectivity index (χ2n) is 3.43. The molecule has 1 aliphatic rings. The second-order valence-corrected chi connectivity index (χ2v) is 3.43. The average Bonchev–Trinajstić information content (AvgIpc) is 2.13. The van der Waals surface area contributed by atoms with Gasteiger partial charge in [0.25, 0.3) is 0 Å². The minimum atomic E-state index is -0.292. The van der Waals surface area contributed by atoms with Crippen molar-refractivity contribution in [3.05, 3.63) is 0 Å². The summed E-state index contributed by atoms with van der Waals surface area (Å²) in [5, 5.41) is 9.67. The summed E-state index contributed by atoms with van der Waals surface area (Å²) < 4.78 is 0. The summed E-state index contributed by atoms with van der Waals surface area (Å²) in [7, 11) is 0. The van der Waals surface area contributed by atoms with E-state index < -0.39 is 0 Å². The van der Waals surface area contributed by atoms with E-state index in [9.17, 15) is 5.11 Å². The van der Waals surface area contributed by atoms with E-state index in [0.29, 0.717) is 0 Å². The molecule has 0 radical (unpaired) electrons. The van der Waals surface area contributed by atoms with Gasteiger partial charge < -0.3 is 5.11 Å². The van der Waals surface area contributed by atoms with Crippen molar-refractivity contribution in [2.45, 2.75) is 45.1 Å². The zero-order valence-electron chi connectivity index (χ0n) is 6.35. The highest BCUT2D eigenvalue weighted by atomic mass is 16.3. The minimum absolute atomic E-state index is 0.292. The normalized spacial score (nSPS) is 43.7.